The largest absolute Gasteiger partial charge is 0.275 e. The van der Waals surface area contributed by atoms with Crippen molar-refractivity contribution in [2.24, 2.45) is 7.05 Å². The highest BCUT2D eigenvalue weighted by atomic mass is 32.1. The highest BCUT2D eigenvalue weighted by Crippen LogP contribution is 2.34. The molecule has 7 heteroatoms. The minimum absolute atomic E-state index is 0.803. The molecule has 0 saturated heterocycles. The van der Waals surface area contributed by atoms with Gasteiger partial charge in [-0.3, -0.25) is 4.68 Å². The fraction of sp³-hybridized carbons (Fsp3) is 0.143. The SMILES string of the molecule is Cc1nsc(-c2csc3ccc(-c4cnn(C)c4)nc23)n1. The van der Waals surface area contributed by atoms with E-state index < -0.39 is 0 Å². The van der Waals surface area contributed by atoms with E-state index in [1.165, 1.54) is 11.5 Å². The van der Waals surface area contributed by atoms with Gasteiger partial charge in [0.1, 0.15) is 10.8 Å². The predicted octanol–water partition coefficient (Wildman–Crippen LogP) is 3.52. The van der Waals surface area contributed by atoms with Crippen LogP contribution < -0.4 is 0 Å². The van der Waals surface area contributed by atoms with E-state index in [1.54, 1.807) is 16.0 Å². The average Bonchev–Trinajstić information content (AvgIpc) is 3.17. The molecule has 0 saturated carbocycles. The van der Waals surface area contributed by atoms with Crippen LogP contribution in [0.5, 0.6) is 0 Å². The van der Waals surface area contributed by atoms with E-state index in [4.69, 9.17) is 4.98 Å². The summed E-state index contributed by atoms with van der Waals surface area (Å²) >= 11 is 3.10. The fourth-order valence-corrected chi connectivity index (χ4v) is 3.83. The number of thiophene rings is 1. The van der Waals surface area contributed by atoms with E-state index in [1.807, 2.05) is 32.4 Å². The van der Waals surface area contributed by atoms with E-state index in [2.05, 4.69) is 25.9 Å². The van der Waals surface area contributed by atoms with Crippen molar-refractivity contribution in [2.75, 3.05) is 0 Å². The molecular formula is C14H11N5S2. The molecule has 0 radical (unpaired) electrons. The molecular weight excluding hydrogens is 302 g/mol. The highest BCUT2D eigenvalue weighted by Gasteiger charge is 2.13. The Bertz CT molecular complexity index is 934. The summed E-state index contributed by atoms with van der Waals surface area (Å²) in [5.41, 5.74) is 3.99. The van der Waals surface area contributed by atoms with E-state index in [0.717, 1.165) is 37.9 Å². The first kappa shape index (κ1) is 12.6. The van der Waals surface area contributed by atoms with Crippen LogP contribution in [0.25, 0.3) is 32.0 Å². The molecule has 0 fully saturated rings. The van der Waals surface area contributed by atoms with Gasteiger partial charge in [0.15, 0.2) is 0 Å². The number of fused-ring (bicyclic) bond motifs is 1. The number of aromatic nitrogens is 5. The van der Waals surface area contributed by atoms with Gasteiger partial charge in [-0.25, -0.2) is 9.97 Å². The molecule has 4 heterocycles. The molecule has 0 bridgehead atoms. The molecule has 5 nitrogen and oxygen atoms in total. The first-order valence-corrected chi connectivity index (χ1v) is 8.04. The van der Waals surface area contributed by atoms with Crippen LogP contribution in [0.2, 0.25) is 0 Å². The molecule has 0 atom stereocenters. The van der Waals surface area contributed by atoms with Crippen LogP contribution in [0.3, 0.4) is 0 Å². The minimum Gasteiger partial charge on any atom is -0.275 e. The summed E-state index contributed by atoms with van der Waals surface area (Å²) in [7, 11) is 1.90. The number of rotatable bonds is 2. The molecule has 0 N–H and O–H groups in total. The van der Waals surface area contributed by atoms with E-state index in [-0.39, 0.29) is 0 Å². The first-order chi connectivity index (χ1) is 10.2. The Labute approximate surface area is 129 Å². The molecule has 0 aliphatic rings. The Morgan fingerprint density at radius 2 is 2.10 bits per heavy atom. The summed E-state index contributed by atoms with van der Waals surface area (Å²) in [5, 5.41) is 7.23. The monoisotopic (exact) mass is 313 g/mol. The van der Waals surface area contributed by atoms with Crippen LogP contribution in [-0.4, -0.2) is 24.1 Å². The standard InChI is InChI=1S/C14H11N5S2/c1-8-16-14(21-18-8)10-7-20-12-4-3-11(17-13(10)12)9-5-15-19(2)6-9/h3-7H,1-2H3. The van der Waals surface area contributed by atoms with E-state index in [9.17, 15) is 0 Å². The Morgan fingerprint density at radius 3 is 2.81 bits per heavy atom. The van der Waals surface area contributed by atoms with Crippen LogP contribution >= 0.6 is 22.9 Å². The molecule has 0 aromatic carbocycles. The summed E-state index contributed by atoms with van der Waals surface area (Å²) in [5.74, 6) is 0.803. The third-order valence-corrected chi connectivity index (χ3v) is 4.95. The van der Waals surface area contributed by atoms with Crippen LogP contribution in [-0.2, 0) is 7.05 Å². The number of aryl methyl sites for hydroxylation is 2. The molecule has 0 aliphatic heterocycles. The Morgan fingerprint density at radius 1 is 1.19 bits per heavy atom. The highest BCUT2D eigenvalue weighted by molar-refractivity contribution is 7.18. The molecule has 104 valence electrons. The smallest absolute Gasteiger partial charge is 0.147 e. The number of nitrogens with zero attached hydrogens (tertiary/aromatic N) is 5. The second-order valence-electron chi connectivity index (χ2n) is 4.74. The van der Waals surface area contributed by atoms with Gasteiger partial charge in [-0.15, -0.1) is 11.3 Å². The summed E-state index contributed by atoms with van der Waals surface area (Å²) in [6.07, 6.45) is 3.80. The van der Waals surface area contributed by atoms with Crippen molar-refractivity contribution in [3.8, 4) is 21.8 Å². The van der Waals surface area contributed by atoms with Gasteiger partial charge in [0.2, 0.25) is 0 Å². The lowest BCUT2D eigenvalue weighted by atomic mass is 10.2. The summed E-state index contributed by atoms with van der Waals surface area (Å²) < 4.78 is 7.20. The van der Waals surface area contributed by atoms with Crippen LogP contribution in [0.1, 0.15) is 5.82 Å². The summed E-state index contributed by atoms with van der Waals surface area (Å²) in [6.45, 7) is 1.91. The number of hydrogen-bond donors (Lipinski definition) is 0. The van der Waals surface area contributed by atoms with Crippen LogP contribution in [0.15, 0.2) is 29.9 Å². The third kappa shape index (κ3) is 2.14. The van der Waals surface area contributed by atoms with Crippen molar-refractivity contribution in [3.05, 3.63) is 35.7 Å². The second kappa shape index (κ2) is 4.71. The van der Waals surface area contributed by atoms with Crippen LogP contribution in [0.4, 0.5) is 0 Å². The topological polar surface area (TPSA) is 56.5 Å². The van der Waals surface area contributed by atoms with Crippen molar-refractivity contribution in [1.29, 1.82) is 0 Å². The second-order valence-corrected chi connectivity index (χ2v) is 6.41. The predicted molar refractivity (Wildman–Crippen MR) is 85.5 cm³/mol. The molecule has 21 heavy (non-hydrogen) atoms. The molecule has 0 spiro atoms. The number of pyridine rings is 1. The Balaban J connectivity index is 1.90. The maximum absolute atomic E-state index is 4.80. The Kier molecular flexibility index (Phi) is 2.83. The molecule has 0 amide bonds. The summed E-state index contributed by atoms with van der Waals surface area (Å²) in [4.78, 5) is 9.27. The molecule has 4 rings (SSSR count). The maximum atomic E-state index is 4.80. The first-order valence-electron chi connectivity index (χ1n) is 6.38. The quantitative estimate of drug-likeness (QED) is 0.568. The maximum Gasteiger partial charge on any atom is 0.147 e. The molecule has 0 unspecified atom stereocenters. The van der Waals surface area contributed by atoms with Gasteiger partial charge in [-0.1, -0.05) is 0 Å². The zero-order chi connectivity index (χ0) is 14.4. The third-order valence-electron chi connectivity index (χ3n) is 3.18. The zero-order valence-corrected chi connectivity index (χ0v) is 13.1. The molecule has 4 aromatic rings. The minimum atomic E-state index is 0.803. The molecule has 4 aromatic heterocycles. The van der Waals surface area contributed by atoms with Crippen molar-refractivity contribution in [2.45, 2.75) is 6.92 Å². The van der Waals surface area contributed by atoms with Crippen LogP contribution in [0, 0.1) is 6.92 Å². The lowest BCUT2D eigenvalue weighted by molar-refractivity contribution is 0.768. The van der Waals surface area contributed by atoms with Crippen molar-refractivity contribution >= 4 is 33.1 Å². The van der Waals surface area contributed by atoms with Gasteiger partial charge in [0.25, 0.3) is 0 Å². The normalized spacial score (nSPS) is 11.3. The van der Waals surface area contributed by atoms with Gasteiger partial charge in [0.05, 0.1) is 22.1 Å². The lowest BCUT2D eigenvalue weighted by Crippen LogP contribution is -1.85. The fourth-order valence-electron chi connectivity index (χ4n) is 2.19. The van der Waals surface area contributed by atoms with Crippen molar-refractivity contribution < 1.29 is 0 Å². The van der Waals surface area contributed by atoms with Gasteiger partial charge in [-0.05, 0) is 30.6 Å². The number of hydrogen-bond acceptors (Lipinski definition) is 6. The van der Waals surface area contributed by atoms with Crippen molar-refractivity contribution in [1.82, 2.24) is 24.1 Å². The lowest BCUT2D eigenvalue weighted by Gasteiger charge is -1.98. The Hall–Kier alpha value is -2.12. The van der Waals surface area contributed by atoms with E-state index >= 15 is 0 Å². The molecule has 0 aliphatic carbocycles. The van der Waals surface area contributed by atoms with E-state index in [0.29, 0.717) is 0 Å². The average molecular weight is 313 g/mol. The van der Waals surface area contributed by atoms with Crippen molar-refractivity contribution in [3.63, 3.8) is 0 Å². The van der Waals surface area contributed by atoms with Gasteiger partial charge in [-0.2, -0.15) is 9.47 Å². The summed E-state index contributed by atoms with van der Waals surface area (Å²) in [6, 6.07) is 4.14. The zero-order valence-electron chi connectivity index (χ0n) is 11.4. The van der Waals surface area contributed by atoms with Gasteiger partial charge < -0.3 is 0 Å². The van der Waals surface area contributed by atoms with Gasteiger partial charge >= 0.3 is 0 Å². The van der Waals surface area contributed by atoms with Gasteiger partial charge in [0, 0.05) is 29.8 Å².